The molecule has 0 radical (unpaired) electrons. The number of rotatable bonds is 6. The van der Waals surface area contributed by atoms with E-state index in [9.17, 15) is 17.6 Å². The Kier molecular flexibility index (Phi) is 5.68. The van der Waals surface area contributed by atoms with E-state index in [-0.39, 0.29) is 36.6 Å². The van der Waals surface area contributed by atoms with Gasteiger partial charge in [-0.2, -0.15) is 0 Å². The SMILES string of the molecule is COc1ccc(-c2cc(CNC3(C(=O)NO)CCS(=O)(=O)CC3)no2)cc1F. The fraction of sp³-hybridized carbons (Fsp3) is 0.412. The first-order chi connectivity index (χ1) is 13.3. The van der Waals surface area contributed by atoms with Crippen LogP contribution in [0.4, 0.5) is 4.39 Å². The number of hydroxylamine groups is 1. The molecule has 11 heteroatoms. The summed E-state index contributed by atoms with van der Waals surface area (Å²) in [6, 6.07) is 5.92. The minimum atomic E-state index is -3.20. The highest BCUT2D eigenvalue weighted by Crippen LogP contribution is 2.27. The van der Waals surface area contributed by atoms with E-state index >= 15 is 0 Å². The summed E-state index contributed by atoms with van der Waals surface area (Å²) in [5, 5.41) is 15.9. The predicted octanol–water partition coefficient (Wildman–Crippen LogP) is 1.03. The predicted molar refractivity (Wildman–Crippen MR) is 95.8 cm³/mol. The van der Waals surface area contributed by atoms with Crippen molar-refractivity contribution in [1.29, 1.82) is 0 Å². The zero-order valence-electron chi connectivity index (χ0n) is 15.1. The Morgan fingerprint density at radius 2 is 2.07 bits per heavy atom. The first-order valence-corrected chi connectivity index (χ1v) is 10.3. The zero-order chi connectivity index (χ0) is 20.4. The van der Waals surface area contributed by atoms with Crippen molar-refractivity contribution in [2.24, 2.45) is 0 Å². The molecule has 1 saturated heterocycles. The molecule has 152 valence electrons. The number of carbonyl (C=O) groups is 1. The molecule has 1 fully saturated rings. The molecule has 3 rings (SSSR count). The Hall–Kier alpha value is -2.50. The van der Waals surface area contributed by atoms with Crippen LogP contribution in [0.15, 0.2) is 28.8 Å². The third-order valence-electron chi connectivity index (χ3n) is 4.82. The molecule has 0 aliphatic carbocycles. The van der Waals surface area contributed by atoms with E-state index in [4.69, 9.17) is 14.5 Å². The summed E-state index contributed by atoms with van der Waals surface area (Å²) in [7, 11) is -1.84. The van der Waals surface area contributed by atoms with Gasteiger partial charge >= 0.3 is 0 Å². The number of sulfone groups is 1. The van der Waals surface area contributed by atoms with Gasteiger partial charge in [0, 0.05) is 18.2 Å². The summed E-state index contributed by atoms with van der Waals surface area (Å²) in [5.41, 5.74) is 1.26. The molecule has 28 heavy (non-hydrogen) atoms. The molecule has 9 nitrogen and oxygen atoms in total. The van der Waals surface area contributed by atoms with Gasteiger partial charge in [0.15, 0.2) is 17.3 Å². The highest BCUT2D eigenvalue weighted by Gasteiger charge is 2.43. The van der Waals surface area contributed by atoms with Crippen molar-refractivity contribution in [3.63, 3.8) is 0 Å². The fourth-order valence-corrected chi connectivity index (χ4v) is 4.61. The van der Waals surface area contributed by atoms with Crippen LogP contribution >= 0.6 is 0 Å². The molecular formula is C17H20FN3O6S. The Bertz CT molecular complexity index is 961. The number of amides is 1. The normalized spacial score (nSPS) is 17.8. The molecule has 0 atom stereocenters. The van der Waals surface area contributed by atoms with Crippen LogP contribution in [-0.4, -0.2) is 48.8 Å². The standard InChI is InChI=1S/C17H20FN3O6S/c1-26-14-3-2-11(8-13(14)18)15-9-12(21-27-15)10-19-17(16(22)20-23)4-6-28(24,25)7-5-17/h2-3,8-9,19,23H,4-7,10H2,1H3,(H,20,22). The smallest absolute Gasteiger partial charge is 0.263 e. The molecule has 1 aliphatic rings. The second-order valence-electron chi connectivity index (χ2n) is 6.56. The van der Waals surface area contributed by atoms with Crippen molar-refractivity contribution < 1.29 is 32.1 Å². The van der Waals surface area contributed by atoms with Gasteiger partial charge in [0.2, 0.25) is 0 Å². The molecule has 0 saturated carbocycles. The molecule has 1 aromatic carbocycles. The van der Waals surface area contributed by atoms with Crippen LogP contribution in [0.25, 0.3) is 11.3 Å². The van der Waals surface area contributed by atoms with Crippen LogP contribution in [0.1, 0.15) is 18.5 Å². The van der Waals surface area contributed by atoms with Crippen LogP contribution in [0.3, 0.4) is 0 Å². The molecule has 2 aromatic rings. The van der Waals surface area contributed by atoms with E-state index < -0.39 is 27.1 Å². The van der Waals surface area contributed by atoms with Crippen molar-refractivity contribution >= 4 is 15.7 Å². The number of hydrogen-bond donors (Lipinski definition) is 3. The first kappa shape index (κ1) is 20.2. The van der Waals surface area contributed by atoms with Crippen LogP contribution in [-0.2, 0) is 21.2 Å². The summed E-state index contributed by atoms with van der Waals surface area (Å²) in [4.78, 5) is 12.1. The lowest BCUT2D eigenvalue weighted by atomic mass is 9.91. The molecule has 1 aliphatic heterocycles. The summed E-state index contributed by atoms with van der Waals surface area (Å²) in [6.45, 7) is 0.0929. The quantitative estimate of drug-likeness (QED) is 0.473. The lowest BCUT2D eigenvalue weighted by Gasteiger charge is -2.35. The number of aromatic nitrogens is 1. The topological polar surface area (TPSA) is 131 Å². The van der Waals surface area contributed by atoms with E-state index in [1.54, 1.807) is 17.6 Å². The van der Waals surface area contributed by atoms with Gasteiger partial charge in [-0.15, -0.1) is 0 Å². The van der Waals surface area contributed by atoms with Crippen molar-refractivity contribution in [1.82, 2.24) is 16.0 Å². The lowest BCUT2D eigenvalue weighted by Crippen LogP contribution is -2.59. The lowest BCUT2D eigenvalue weighted by molar-refractivity contribution is -0.136. The van der Waals surface area contributed by atoms with Crippen molar-refractivity contribution in [2.45, 2.75) is 24.9 Å². The van der Waals surface area contributed by atoms with E-state index in [1.165, 1.54) is 19.2 Å². The van der Waals surface area contributed by atoms with E-state index in [0.29, 0.717) is 17.0 Å². The Balaban J connectivity index is 1.73. The Morgan fingerprint density at radius 3 is 2.68 bits per heavy atom. The maximum Gasteiger partial charge on any atom is 0.263 e. The van der Waals surface area contributed by atoms with Gasteiger partial charge in [0.05, 0.1) is 24.3 Å². The van der Waals surface area contributed by atoms with Crippen molar-refractivity contribution in [3.05, 3.63) is 35.8 Å². The number of benzene rings is 1. The highest BCUT2D eigenvalue weighted by molar-refractivity contribution is 7.91. The van der Waals surface area contributed by atoms with Crippen molar-refractivity contribution in [3.8, 4) is 17.1 Å². The molecule has 1 aromatic heterocycles. The number of carbonyl (C=O) groups excluding carboxylic acids is 1. The summed E-state index contributed by atoms with van der Waals surface area (Å²) in [5.74, 6) is -1.15. The third-order valence-corrected chi connectivity index (χ3v) is 6.47. The van der Waals surface area contributed by atoms with E-state index in [1.807, 2.05) is 0 Å². The molecule has 1 amide bonds. The Morgan fingerprint density at radius 1 is 1.36 bits per heavy atom. The number of nitrogens with zero attached hydrogens (tertiary/aromatic N) is 1. The minimum absolute atomic E-state index is 0.0239. The zero-order valence-corrected chi connectivity index (χ0v) is 15.9. The fourth-order valence-electron chi connectivity index (χ4n) is 3.09. The monoisotopic (exact) mass is 413 g/mol. The first-order valence-electron chi connectivity index (χ1n) is 8.48. The molecule has 2 heterocycles. The van der Waals surface area contributed by atoms with Crippen LogP contribution in [0.2, 0.25) is 0 Å². The molecule has 0 unspecified atom stereocenters. The largest absolute Gasteiger partial charge is 0.494 e. The second-order valence-corrected chi connectivity index (χ2v) is 8.86. The average Bonchev–Trinajstić information content (AvgIpc) is 3.16. The van der Waals surface area contributed by atoms with Gasteiger partial charge in [-0.3, -0.25) is 15.3 Å². The average molecular weight is 413 g/mol. The van der Waals surface area contributed by atoms with Gasteiger partial charge < -0.3 is 9.26 Å². The number of methoxy groups -OCH3 is 1. The minimum Gasteiger partial charge on any atom is -0.494 e. The maximum atomic E-state index is 13.9. The third kappa shape index (κ3) is 4.16. The van der Waals surface area contributed by atoms with Crippen molar-refractivity contribution in [2.75, 3.05) is 18.6 Å². The van der Waals surface area contributed by atoms with Gasteiger partial charge in [0.1, 0.15) is 15.4 Å². The number of nitrogens with one attached hydrogen (secondary N) is 2. The highest BCUT2D eigenvalue weighted by atomic mass is 32.2. The summed E-state index contributed by atoms with van der Waals surface area (Å²) >= 11 is 0. The number of hydrogen-bond acceptors (Lipinski definition) is 8. The van der Waals surface area contributed by atoms with Crippen LogP contribution in [0.5, 0.6) is 5.75 Å². The summed E-state index contributed by atoms with van der Waals surface area (Å²) in [6.07, 6.45) is 0.0479. The number of halogens is 1. The maximum absolute atomic E-state index is 13.9. The van der Waals surface area contributed by atoms with Crippen LogP contribution in [0, 0.1) is 5.82 Å². The van der Waals surface area contributed by atoms with Gasteiger partial charge in [-0.05, 0) is 31.0 Å². The van der Waals surface area contributed by atoms with E-state index in [2.05, 4.69) is 10.5 Å². The molecule has 3 N–H and O–H groups in total. The van der Waals surface area contributed by atoms with E-state index in [0.717, 1.165) is 0 Å². The number of ether oxygens (including phenoxy) is 1. The second kappa shape index (κ2) is 7.86. The van der Waals surface area contributed by atoms with Gasteiger partial charge in [-0.1, -0.05) is 5.16 Å². The van der Waals surface area contributed by atoms with Crippen LogP contribution < -0.4 is 15.5 Å². The van der Waals surface area contributed by atoms with Gasteiger partial charge in [-0.25, -0.2) is 18.3 Å². The molecule has 0 spiro atoms. The Labute approximate surface area is 160 Å². The molecular weight excluding hydrogens is 393 g/mol. The molecule has 0 bridgehead atoms. The van der Waals surface area contributed by atoms with Gasteiger partial charge in [0.25, 0.3) is 5.91 Å². The summed E-state index contributed by atoms with van der Waals surface area (Å²) < 4.78 is 47.3.